The van der Waals surface area contributed by atoms with E-state index in [-0.39, 0.29) is 11.6 Å². The van der Waals surface area contributed by atoms with Gasteiger partial charge in [-0.15, -0.1) is 0 Å². The van der Waals surface area contributed by atoms with Gasteiger partial charge in [-0.2, -0.15) is 0 Å². The fourth-order valence-corrected chi connectivity index (χ4v) is 3.61. The fraction of sp³-hybridized carbons (Fsp3) is 0.0741. The van der Waals surface area contributed by atoms with Crippen molar-refractivity contribution in [3.8, 4) is 23.0 Å². The number of rotatable bonds is 7. The van der Waals surface area contributed by atoms with Gasteiger partial charge in [0.25, 0.3) is 5.91 Å². The Morgan fingerprint density at radius 1 is 0.829 bits per heavy atom. The first-order valence-electron chi connectivity index (χ1n) is 11.0. The number of ether oxygens (including phenoxy) is 2. The van der Waals surface area contributed by atoms with Crippen LogP contribution in [0, 0.1) is 0 Å². The van der Waals surface area contributed by atoms with E-state index in [0.29, 0.717) is 17.4 Å². The van der Waals surface area contributed by atoms with E-state index in [9.17, 15) is 4.79 Å². The standard InChI is InChI=1S/C27H23N5O3/c1-28-26(33)24-17-22(13-14-29-24)35-21-11-12-25-23(16-21)31-27(32(25)2)30-18-7-6-10-20(15-18)34-19-8-4-3-5-9-19/h3-17H,1-2H3,(H,28,33)(H,30,31). The zero-order valence-electron chi connectivity index (χ0n) is 19.2. The van der Waals surface area contributed by atoms with Crippen LogP contribution in [-0.2, 0) is 7.05 Å². The van der Waals surface area contributed by atoms with Crippen molar-refractivity contribution in [2.75, 3.05) is 12.4 Å². The summed E-state index contributed by atoms with van der Waals surface area (Å²) in [6.45, 7) is 0. The Kier molecular flexibility index (Phi) is 6.00. The van der Waals surface area contributed by atoms with Crippen molar-refractivity contribution >= 4 is 28.6 Å². The quantitative estimate of drug-likeness (QED) is 0.323. The lowest BCUT2D eigenvalue weighted by Gasteiger charge is -2.09. The largest absolute Gasteiger partial charge is 0.457 e. The van der Waals surface area contributed by atoms with Crippen molar-refractivity contribution in [3.63, 3.8) is 0 Å². The highest BCUT2D eigenvalue weighted by Gasteiger charge is 2.11. The van der Waals surface area contributed by atoms with Gasteiger partial charge < -0.3 is 24.7 Å². The molecular formula is C27H23N5O3. The summed E-state index contributed by atoms with van der Waals surface area (Å²) in [4.78, 5) is 20.6. The highest BCUT2D eigenvalue weighted by Crippen LogP contribution is 2.29. The molecule has 2 N–H and O–H groups in total. The minimum Gasteiger partial charge on any atom is -0.457 e. The molecule has 0 aliphatic heterocycles. The van der Waals surface area contributed by atoms with Crippen molar-refractivity contribution < 1.29 is 14.3 Å². The van der Waals surface area contributed by atoms with Gasteiger partial charge in [-0.05, 0) is 42.5 Å². The molecular weight excluding hydrogens is 442 g/mol. The van der Waals surface area contributed by atoms with E-state index < -0.39 is 0 Å². The summed E-state index contributed by atoms with van der Waals surface area (Å²) >= 11 is 0. The van der Waals surface area contributed by atoms with Crippen molar-refractivity contribution in [1.29, 1.82) is 0 Å². The molecule has 1 amide bonds. The van der Waals surface area contributed by atoms with Gasteiger partial charge in [-0.1, -0.05) is 24.3 Å². The van der Waals surface area contributed by atoms with Crippen molar-refractivity contribution in [2.45, 2.75) is 0 Å². The Morgan fingerprint density at radius 3 is 2.40 bits per heavy atom. The molecule has 0 bridgehead atoms. The zero-order chi connectivity index (χ0) is 24.2. The lowest BCUT2D eigenvalue weighted by molar-refractivity contribution is 0.0958. The average Bonchev–Trinajstić information content (AvgIpc) is 3.18. The monoisotopic (exact) mass is 465 g/mol. The molecule has 35 heavy (non-hydrogen) atoms. The fourth-order valence-electron chi connectivity index (χ4n) is 3.61. The number of hydrogen-bond acceptors (Lipinski definition) is 6. The molecule has 2 aromatic heterocycles. The van der Waals surface area contributed by atoms with E-state index in [0.717, 1.165) is 28.2 Å². The maximum Gasteiger partial charge on any atom is 0.269 e. The molecule has 0 spiro atoms. The van der Waals surface area contributed by atoms with Crippen LogP contribution in [0.4, 0.5) is 11.6 Å². The maximum atomic E-state index is 11.8. The van der Waals surface area contributed by atoms with Crippen LogP contribution in [0.1, 0.15) is 10.5 Å². The molecule has 3 aromatic carbocycles. The van der Waals surface area contributed by atoms with Gasteiger partial charge in [0.05, 0.1) is 11.0 Å². The average molecular weight is 466 g/mol. The Hall–Kier alpha value is -4.85. The Bertz CT molecular complexity index is 1500. The zero-order valence-corrected chi connectivity index (χ0v) is 19.2. The molecule has 0 fully saturated rings. The van der Waals surface area contributed by atoms with Crippen LogP contribution >= 0.6 is 0 Å². The summed E-state index contributed by atoms with van der Waals surface area (Å²) in [6, 6.07) is 26.3. The number of fused-ring (bicyclic) bond motifs is 1. The number of imidazole rings is 1. The number of nitrogens with one attached hydrogen (secondary N) is 2. The second-order valence-corrected chi connectivity index (χ2v) is 7.77. The van der Waals surface area contributed by atoms with Crippen molar-refractivity contribution in [2.24, 2.45) is 7.05 Å². The predicted octanol–water partition coefficient (Wildman–Crippen LogP) is 5.66. The van der Waals surface area contributed by atoms with Crippen LogP contribution in [0.25, 0.3) is 11.0 Å². The van der Waals surface area contributed by atoms with Crippen LogP contribution in [0.3, 0.4) is 0 Å². The number of amides is 1. The highest BCUT2D eigenvalue weighted by molar-refractivity contribution is 5.92. The van der Waals surface area contributed by atoms with Crippen LogP contribution in [0.15, 0.2) is 91.1 Å². The van der Waals surface area contributed by atoms with Crippen molar-refractivity contribution in [1.82, 2.24) is 19.9 Å². The number of carbonyl (C=O) groups excluding carboxylic acids is 1. The molecule has 5 rings (SSSR count). The number of para-hydroxylation sites is 1. The molecule has 8 nitrogen and oxygen atoms in total. The summed E-state index contributed by atoms with van der Waals surface area (Å²) in [7, 11) is 3.51. The summed E-state index contributed by atoms with van der Waals surface area (Å²) in [5.74, 6) is 3.03. The lowest BCUT2D eigenvalue weighted by Crippen LogP contribution is -2.18. The molecule has 0 saturated heterocycles. The van der Waals surface area contributed by atoms with Gasteiger partial charge in [0.1, 0.15) is 28.7 Å². The first kappa shape index (κ1) is 22.0. The predicted molar refractivity (Wildman–Crippen MR) is 135 cm³/mol. The normalized spacial score (nSPS) is 10.7. The Labute approximate surface area is 202 Å². The molecule has 8 heteroatoms. The lowest BCUT2D eigenvalue weighted by atomic mass is 10.3. The summed E-state index contributed by atoms with van der Waals surface area (Å²) < 4.78 is 13.9. The summed E-state index contributed by atoms with van der Waals surface area (Å²) in [5, 5.41) is 5.92. The van der Waals surface area contributed by atoms with E-state index in [4.69, 9.17) is 14.5 Å². The number of nitrogens with zero attached hydrogens (tertiary/aromatic N) is 3. The number of hydrogen-bond donors (Lipinski definition) is 2. The van der Waals surface area contributed by atoms with Crippen LogP contribution in [0.5, 0.6) is 23.0 Å². The number of aromatic nitrogens is 3. The molecule has 0 aliphatic rings. The molecule has 174 valence electrons. The van der Waals surface area contributed by atoms with Gasteiger partial charge in [0.15, 0.2) is 0 Å². The second-order valence-electron chi connectivity index (χ2n) is 7.77. The molecule has 0 atom stereocenters. The van der Waals surface area contributed by atoms with Crippen LogP contribution in [0.2, 0.25) is 0 Å². The van der Waals surface area contributed by atoms with Crippen LogP contribution in [-0.4, -0.2) is 27.5 Å². The number of anilines is 2. The van der Waals surface area contributed by atoms with Gasteiger partial charge in [-0.3, -0.25) is 9.78 Å². The summed E-state index contributed by atoms with van der Waals surface area (Å²) in [5.41, 5.74) is 2.85. The van der Waals surface area contributed by atoms with Crippen molar-refractivity contribution in [3.05, 3.63) is 96.8 Å². The van der Waals surface area contributed by atoms with E-state index in [1.165, 1.54) is 6.20 Å². The molecule has 5 aromatic rings. The van der Waals surface area contributed by atoms with E-state index in [1.807, 2.05) is 84.4 Å². The minimum atomic E-state index is -0.274. The summed E-state index contributed by atoms with van der Waals surface area (Å²) in [6.07, 6.45) is 1.54. The topological polar surface area (TPSA) is 90.3 Å². The number of benzene rings is 3. The van der Waals surface area contributed by atoms with Gasteiger partial charge in [-0.25, -0.2) is 4.98 Å². The Morgan fingerprint density at radius 2 is 1.57 bits per heavy atom. The number of carbonyl (C=O) groups is 1. The van der Waals surface area contributed by atoms with Gasteiger partial charge in [0, 0.05) is 44.2 Å². The third-order valence-corrected chi connectivity index (χ3v) is 5.35. The van der Waals surface area contributed by atoms with E-state index >= 15 is 0 Å². The third kappa shape index (κ3) is 4.91. The second kappa shape index (κ2) is 9.56. The van der Waals surface area contributed by atoms with Gasteiger partial charge in [0.2, 0.25) is 5.95 Å². The molecule has 0 unspecified atom stereocenters. The smallest absolute Gasteiger partial charge is 0.269 e. The maximum absolute atomic E-state index is 11.8. The van der Waals surface area contributed by atoms with E-state index in [1.54, 1.807) is 19.2 Å². The Balaban J connectivity index is 1.36. The molecule has 0 radical (unpaired) electrons. The van der Waals surface area contributed by atoms with E-state index in [2.05, 4.69) is 15.6 Å². The molecule has 0 aliphatic carbocycles. The SMILES string of the molecule is CNC(=O)c1cc(Oc2ccc3c(c2)nc(Nc2cccc(Oc4ccccc4)c2)n3C)ccn1. The molecule has 2 heterocycles. The minimum absolute atomic E-state index is 0.274. The number of aryl methyl sites for hydroxylation is 1. The first-order chi connectivity index (χ1) is 17.1. The first-order valence-corrected chi connectivity index (χ1v) is 11.0. The number of pyridine rings is 1. The van der Waals surface area contributed by atoms with Gasteiger partial charge >= 0.3 is 0 Å². The van der Waals surface area contributed by atoms with Crippen LogP contribution < -0.4 is 20.1 Å². The molecule has 0 saturated carbocycles. The highest BCUT2D eigenvalue weighted by atomic mass is 16.5. The third-order valence-electron chi connectivity index (χ3n) is 5.35.